The highest BCUT2D eigenvalue weighted by atomic mass is 35.5. The minimum atomic E-state index is -0.484. The van der Waals surface area contributed by atoms with Crippen LogP contribution in [0.3, 0.4) is 0 Å². The van der Waals surface area contributed by atoms with Gasteiger partial charge >= 0.3 is 0 Å². The number of piperazine rings is 1. The lowest BCUT2D eigenvalue weighted by molar-refractivity contribution is -0.161. The summed E-state index contributed by atoms with van der Waals surface area (Å²) in [6, 6.07) is 7.38. The average molecular weight is 361 g/mol. The number of carbonyl (C=O) groups is 2. The van der Waals surface area contributed by atoms with Crippen LogP contribution < -0.4 is 0 Å². The second-order valence-electron chi connectivity index (χ2n) is 7.60. The first-order chi connectivity index (χ1) is 12.1. The molecule has 0 aromatic heterocycles. The molecule has 1 aromatic carbocycles. The fraction of sp³-hybridized carbons (Fsp3) is 0.600. The Labute approximate surface area is 154 Å². The Morgan fingerprint density at radius 1 is 0.840 bits per heavy atom. The predicted octanol–water partition coefficient (Wildman–Crippen LogP) is 3.94. The predicted molar refractivity (Wildman–Crippen MR) is 97.3 cm³/mol. The highest BCUT2D eigenvalue weighted by Crippen LogP contribution is 2.37. The molecule has 2 amide bonds. The van der Waals surface area contributed by atoms with Gasteiger partial charge in [-0.3, -0.25) is 9.59 Å². The van der Waals surface area contributed by atoms with E-state index < -0.39 is 6.04 Å². The summed E-state index contributed by atoms with van der Waals surface area (Å²) < 4.78 is 0. The molecule has 5 heteroatoms. The summed E-state index contributed by atoms with van der Waals surface area (Å²) in [6.07, 6.45) is 8.65. The molecule has 0 unspecified atom stereocenters. The Morgan fingerprint density at radius 3 is 2.00 bits per heavy atom. The van der Waals surface area contributed by atoms with Gasteiger partial charge in [0.15, 0.2) is 0 Å². The minimum Gasteiger partial charge on any atom is -0.328 e. The van der Waals surface area contributed by atoms with E-state index in [9.17, 15) is 9.59 Å². The zero-order chi connectivity index (χ0) is 17.4. The van der Waals surface area contributed by atoms with Crippen molar-refractivity contribution >= 4 is 23.4 Å². The van der Waals surface area contributed by atoms with E-state index in [4.69, 9.17) is 11.6 Å². The molecule has 2 aliphatic carbocycles. The molecule has 0 radical (unpaired) electrons. The molecule has 0 spiro atoms. The zero-order valence-electron chi connectivity index (χ0n) is 14.5. The van der Waals surface area contributed by atoms with Gasteiger partial charge in [0.25, 0.3) is 5.91 Å². The Kier molecular flexibility index (Phi) is 4.72. The molecule has 1 aliphatic heterocycles. The SMILES string of the molecule is O=C1[C@H](c2ccc(Cl)cc2)N(C2CCCC2)C(=O)CN1C1CCCC1. The zero-order valence-corrected chi connectivity index (χ0v) is 15.3. The van der Waals surface area contributed by atoms with Crippen LogP contribution in [0, 0.1) is 0 Å². The van der Waals surface area contributed by atoms with Crippen LogP contribution in [0.15, 0.2) is 24.3 Å². The highest BCUT2D eigenvalue weighted by molar-refractivity contribution is 6.30. The summed E-state index contributed by atoms with van der Waals surface area (Å²) in [6.45, 7) is 0.254. The van der Waals surface area contributed by atoms with Crippen LogP contribution in [0.5, 0.6) is 0 Å². The molecule has 2 saturated carbocycles. The molecular weight excluding hydrogens is 336 g/mol. The standard InChI is InChI=1S/C20H25ClN2O2/c21-15-11-9-14(10-12-15)19-20(25)22(16-5-1-2-6-16)13-18(24)23(19)17-7-3-4-8-17/h9-12,16-17,19H,1-8,13H2/t19-/m0/s1. The van der Waals surface area contributed by atoms with Crippen LogP contribution in [-0.4, -0.2) is 40.2 Å². The minimum absolute atomic E-state index is 0.0979. The van der Waals surface area contributed by atoms with Gasteiger partial charge in [-0.15, -0.1) is 0 Å². The summed E-state index contributed by atoms with van der Waals surface area (Å²) >= 11 is 6.04. The van der Waals surface area contributed by atoms with Crippen LogP contribution in [0.1, 0.15) is 63.0 Å². The van der Waals surface area contributed by atoms with Crippen molar-refractivity contribution in [3.05, 3.63) is 34.9 Å². The third-order valence-corrected chi connectivity index (χ3v) is 6.31. The number of hydrogen-bond donors (Lipinski definition) is 0. The van der Waals surface area contributed by atoms with Crippen molar-refractivity contribution < 1.29 is 9.59 Å². The van der Waals surface area contributed by atoms with Crippen LogP contribution in [-0.2, 0) is 9.59 Å². The summed E-state index contributed by atoms with van der Waals surface area (Å²) in [5, 5.41) is 0.651. The van der Waals surface area contributed by atoms with Crippen molar-refractivity contribution in [1.29, 1.82) is 0 Å². The first-order valence-electron chi connectivity index (χ1n) is 9.52. The van der Waals surface area contributed by atoms with Gasteiger partial charge < -0.3 is 9.80 Å². The number of carbonyl (C=O) groups excluding carboxylic acids is 2. The summed E-state index contributed by atoms with van der Waals surface area (Å²) in [4.78, 5) is 30.2. The van der Waals surface area contributed by atoms with E-state index in [-0.39, 0.29) is 30.4 Å². The van der Waals surface area contributed by atoms with Gasteiger partial charge in [0, 0.05) is 17.1 Å². The molecule has 1 saturated heterocycles. The van der Waals surface area contributed by atoms with Crippen molar-refractivity contribution in [3.63, 3.8) is 0 Å². The Hall–Kier alpha value is -1.55. The molecular formula is C20H25ClN2O2. The third kappa shape index (κ3) is 3.17. The molecule has 134 valence electrons. The number of amides is 2. The number of benzene rings is 1. The quantitative estimate of drug-likeness (QED) is 0.819. The number of nitrogens with zero attached hydrogens (tertiary/aromatic N) is 2. The number of hydrogen-bond acceptors (Lipinski definition) is 2. The molecule has 4 nitrogen and oxygen atoms in total. The van der Waals surface area contributed by atoms with Crippen molar-refractivity contribution in [2.45, 2.75) is 69.5 Å². The van der Waals surface area contributed by atoms with Gasteiger partial charge in [0.05, 0.1) is 0 Å². The van der Waals surface area contributed by atoms with E-state index >= 15 is 0 Å². The number of halogens is 1. The topological polar surface area (TPSA) is 40.6 Å². The lowest BCUT2D eigenvalue weighted by atomic mass is 9.97. The van der Waals surface area contributed by atoms with Crippen molar-refractivity contribution in [3.8, 4) is 0 Å². The number of rotatable bonds is 3. The average Bonchev–Trinajstić information content (AvgIpc) is 3.30. The largest absolute Gasteiger partial charge is 0.328 e. The Morgan fingerprint density at radius 2 is 1.40 bits per heavy atom. The molecule has 0 bridgehead atoms. The van der Waals surface area contributed by atoms with E-state index in [0.29, 0.717) is 5.02 Å². The fourth-order valence-corrected chi connectivity index (χ4v) is 4.92. The first-order valence-corrected chi connectivity index (χ1v) is 9.90. The highest BCUT2D eigenvalue weighted by Gasteiger charge is 2.46. The molecule has 0 N–H and O–H groups in total. The maximum absolute atomic E-state index is 13.4. The lowest BCUT2D eigenvalue weighted by Gasteiger charge is -2.45. The second-order valence-corrected chi connectivity index (χ2v) is 8.03. The third-order valence-electron chi connectivity index (χ3n) is 6.06. The summed E-state index contributed by atoms with van der Waals surface area (Å²) in [5.41, 5.74) is 0.886. The van der Waals surface area contributed by atoms with Gasteiger partial charge in [-0.05, 0) is 43.4 Å². The second kappa shape index (κ2) is 6.99. The Bertz CT molecular complexity index is 648. The molecule has 1 atom stereocenters. The van der Waals surface area contributed by atoms with E-state index in [1.54, 1.807) is 0 Å². The summed E-state index contributed by atoms with van der Waals surface area (Å²) in [7, 11) is 0. The van der Waals surface area contributed by atoms with Crippen LogP contribution >= 0.6 is 11.6 Å². The van der Waals surface area contributed by atoms with Gasteiger partial charge in [0.2, 0.25) is 5.91 Å². The Balaban J connectivity index is 1.69. The van der Waals surface area contributed by atoms with E-state index in [0.717, 1.165) is 56.9 Å². The molecule has 25 heavy (non-hydrogen) atoms. The first kappa shape index (κ1) is 16.9. The van der Waals surface area contributed by atoms with Crippen LogP contribution in [0.4, 0.5) is 0 Å². The lowest BCUT2D eigenvalue weighted by Crippen LogP contribution is -2.60. The monoisotopic (exact) mass is 360 g/mol. The molecule has 1 aromatic rings. The van der Waals surface area contributed by atoms with Gasteiger partial charge in [0.1, 0.15) is 12.6 Å². The van der Waals surface area contributed by atoms with Crippen LogP contribution in [0.2, 0.25) is 5.02 Å². The van der Waals surface area contributed by atoms with E-state index in [1.807, 2.05) is 34.1 Å². The molecule has 1 heterocycles. The molecule has 3 aliphatic rings. The normalized spacial score (nSPS) is 26.0. The maximum atomic E-state index is 13.4. The van der Waals surface area contributed by atoms with Crippen LogP contribution in [0.25, 0.3) is 0 Å². The van der Waals surface area contributed by atoms with Crippen molar-refractivity contribution in [1.82, 2.24) is 9.80 Å². The van der Waals surface area contributed by atoms with Crippen molar-refractivity contribution in [2.24, 2.45) is 0 Å². The summed E-state index contributed by atoms with van der Waals surface area (Å²) in [5.74, 6) is 0.207. The van der Waals surface area contributed by atoms with Gasteiger partial charge in [-0.1, -0.05) is 49.4 Å². The fourth-order valence-electron chi connectivity index (χ4n) is 4.80. The van der Waals surface area contributed by atoms with E-state index in [2.05, 4.69) is 0 Å². The smallest absolute Gasteiger partial charge is 0.250 e. The molecule has 4 rings (SSSR count). The maximum Gasteiger partial charge on any atom is 0.250 e. The van der Waals surface area contributed by atoms with Crippen molar-refractivity contribution in [2.75, 3.05) is 6.54 Å². The van der Waals surface area contributed by atoms with E-state index in [1.165, 1.54) is 0 Å². The molecule has 3 fully saturated rings. The van der Waals surface area contributed by atoms with Gasteiger partial charge in [-0.25, -0.2) is 0 Å². The van der Waals surface area contributed by atoms with Gasteiger partial charge in [-0.2, -0.15) is 0 Å².